The van der Waals surface area contributed by atoms with E-state index in [0.29, 0.717) is 13.0 Å². The van der Waals surface area contributed by atoms with Crippen LogP contribution in [-0.4, -0.2) is 61.5 Å². The Balaban J connectivity index is 2.37. The Morgan fingerprint density at radius 2 is 2.26 bits per heavy atom. The minimum absolute atomic E-state index is 0.121. The van der Waals surface area contributed by atoms with E-state index in [1.807, 2.05) is 0 Å². The Hall–Kier alpha value is -1.15. The van der Waals surface area contributed by atoms with Crippen LogP contribution in [0.2, 0.25) is 0 Å². The molecule has 3 unspecified atom stereocenters. The fraction of sp³-hybridized carbons (Fsp3) is 0.750. The van der Waals surface area contributed by atoms with Gasteiger partial charge in [0.1, 0.15) is 12.7 Å². The number of hydrogen-bond acceptors (Lipinski definition) is 6. The third kappa shape index (κ3) is 5.15. The third-order valence-corrected chi connectivity index (χ3v) is 2.95. The Kier molecular flexibility index (Phi) is 6.79. The summed E-state index contributed by atoms with van der Waals surface area (Å²) in [4.78, 5) is 11.2. The molecule has 0 radical (unpaired) electrons. The molecular formula is C12H22N2O5. The van der Waals surface area contributed by atoms with Crippen molar-refractivity contribution in [2.75, 3.05) is 26.7 Å². The summed E-state index contributed by atoms with van der Waals surface area (Å²) in [6, 6.07) is 0. The summed E-state index contributed by atoms with van der Waals surface area (Å²) in [6.45, 7) is 4.36. The lowest BCUT2D eigenvalue weighted by Gasteiger charge is -2.36. The third-order valence-electron chi connectivity index (χ3n) is 2.95. The first-order valence-corrected chi connectivity index (χ1v) is 6.26. The van der Waals surface area contributed by atoms with E-state index in [4.69, 9.17) is 9.47 Å². The molecule has 4 N–H and O–H groups in total. The van der Waals surface area contributed by atoms with E-state index < -0.39 is 18.5 Å². The van der Waals surface area contributed by atoms with Crippen LogP contribution in [0.5, 0.6) is 0 Å². The van der Waals surface area contributed by atoms with E-state index >= 15 is 0 Å². The monoisotopic (exact) mass is 274 g/mol. The van der Waals surface area contributed by atoms with Gasteiger partial charge in [-0.25, -0.2) is 4.79 Å². The highest BCUT2D eigenvalue weighted by atomic mass is 16.6. The first kappa shape index (κ1) is 15.9. The van der Waals surface area contributed by atoms with E-state index in [-0.39, 0.29) is 25.2 Å². The van der Waals surface area contributed by atoms with Crippen molar-refractivity contribution in [1.82, 2.24) is 10.6 Å². The van der Waals surface area contributed by atoms with E-state index in [9.17, 15) is 15.0 Å². The van der Waals surface area contributed by atoms with Gasteiger partial charge in [0.15, 0.2) is 6.29 Å². The summed E-state index contributed by atoms with van der Waals surface area (Å²) in [5, 5.41) is 24.8. The smallest absolute Gasteiger partial charge is 0.407 e. The molecular weight excluding hydrogens is 252 g/mol. The Labute approximate surface area is 112 Å². The number of carbonyl (C=O) groups is 1. The van der Waals surface area contributed by atoms with E-state index in [1.54, 1.807) is 7.05 Å². The molecule has 0 spiro atoms. The molecule has 0 bridgehead atoms. The summed E-state index contributed by atoms with van der Waals surface area (Å²) in [5.74, 6) is -0.121. The highest BCUT2D eigenvalue weighted by Crippen LogP contribution is 2.23. The molecule has 4 atom stereocenters. The number of carbonyl (C=O) groups excluding carboxylic acids is 1. The van der Waals surface area contributed by atoms with E-state index in [0.717, 1.165) is 0 Å². The molecule has 1 aliphatic rings. The first-order chi connectivity index (χ1) is 9.08. The molecule has 7 nitrogen and oxygen atoms in total. The van der Waals surface area contributed by atoms with Crippen molar-refractivity contribution in [1.29, 1.82) is 0 Å². The van der Waals surface area contributed by atoms with Crippen molar-refractivity contribution in [3.05, 3.63) is 12.7 Å². The maximum absolute atomic E-state index is 11.2. The highest BCUT2D eigenvalue weighted by Gasteiger charge is 2.36. The molecule has 1 heterocycles. The van der Waals surface area contributed by atoms with Gasteiger partial charge in [0.2, 0.25) is 0 Å². The zero-order valence-electron chi connectivity index (χ0n) is 11.0. The molecule has 0 aromatic heterocycles. The first-order valence-electron chi connectivity index (χ1n) is 6.26. The molecule has 7 heteroatoms. The lowest BCUT2D eigenvalue weighted by molar-refractivity contribution is -0.231. The Morgan fingerprint density at radius 1 is 1.53 bits per heavy atom. The zero-order chi connectivity index (χ0) is 14.3. The van der Waals surface area contributed by atoms with Crippen molar-refractivity contribution in [3.63, 3.8) is 0 Å². The van der Waals surface area contributed by atoms with Gasteiger partial charge in [-0.15, -0.1) is 0 Å². The molecule has 1 aliphatic heterocycles. The van der Waals surface area contributed by atoms with Crippen LogP contribution in [0.3, 0.4) is 0 Å². The van der Waals surface area contributed by atoms with Crippen LogP contribution in [0.4, 0.5) is 4.79 Å². The van der Waals surface area contributed by atoms with Gasteiger partial charge in [-0.05, 0) is 13.5 Å². The van der Waals surface area contributed by atoms with Gasteiger partial charge in [0, 0.05) is 19.0 Å². The summed E-state index contributed by atoms with van der Waals surface area (Å²) in [5.41, 5.74) is 0. The predicted octanol–water partition coefficient (Wildman–Crippen LogP) is -0.798. The Bertz CT molecular complexity index is 300. The lowest BCUT2D eigenvalue weighted by Crippen LogP contribution is -2.50. The summed E-state index contributed by atoms with van der Waals surface area (Å²) < 4.78 is 9.97. The van der Waals surface area contributed by atoms with Gasteiger partial charge in [0.25, 0.3) is 0 Å². The normalized spacial score (nSPS) is 30.7. The number of hydrogen-bond donors (Lipinski definition) is 4. The van der Waals surface area contributed by atoms with Crippen LogP contribution in [0.15, 0.2) is 12.7 Å². The molecule has 0 aliphatic carbocycles. The summed E-state index contributed by atoms with van der Waals surface area (Å²) in [7, 11) is 1.77. The van der Waals surface area contributed by atoms with Crippen LogP contribution in [0, 0.1) is 5.92 Å². The molecule has 19 heavy (non-hydrogen) atoms. The number of aliphatic hydroxyl groups excluding tert-OH is 2. The average Bonchev–Trinajstić information content (AvgIpc) is 2.39. The molecule has 0 aromatic carbocycles. The molecule has 1 amide bonds. The highest BCUT2D eigenvalue weighted by molar-refractivity contribution is 5.67. The summed E-state index contributed by atoms with van der Waals surface area (Å²) >= 11 is 0. The second-order valence-electron chi connectivity index (χ2n) is 4.46. The minimum Gasteiger partial charge on any atom is -0.445 e. The van der Waals surface area contributed by atoms with Crippen molar-refractivity contribution >= 4 is 6.09 Å². The van der Waals surface area contributed by atoms with Gasteiger partial charge >= 0.3 is 6.09 Å². The van der Waals surface area contributed by atoms with Crippen molar-refractivity contribution in [2.45, 2.75) is 24.9 Å². The van der Waals surface area contributed by atoms with Crippen molar-refractivity contribution < 1.29 is 24.5 Å². The maximum atomic E-state index is 11.2. The van der Waals surface area contributed by atoms with E-state index in [2.05, 4.69) is 17.2 Å². The standard InChI is InChI=1S/C12H22N2O5/c1-3-4-18-12(17)14-7-9-5-8(6-13-2)10(15)11(16)19-9/h3,8-11,13,15-16H,1,4-7H2,2H3,(H,14,17)/t8?,9?,10-,11?/m0/s1. The van der Waals surface area contributed by atoms with Gasteiger partial charge in [-0.1, -0.05) is 12.7 Å². The molecule has 1 saturated heterocycles. The number of nitrogens with one attached hydrogen (secondary N) is 2. The zero-order valence-corrected chi connectivity index (χ0v) is 11.0. The van der Waals surface area contributed by atoms with Crippen LogP contribution >= 0.6 is 0 Å². The van der Waals surface area contributed by atoms with Crippen LogP contribution in [0.25, 0.3) is 0 Å². The average molecular weight is 274 g/mol. The van der Waals surface area contributed by atoms with Gasteiger partial charge < -0.3 is 30.3 Å². The van der Waals surface area contributed by atoms with Crippen LogP contribution < -0.4 is 10.6 Å². The molecule has 1 rings (SSSR count). The number of aliphatic hydroxyl groups is 2. The number of alkyl carbamates (subject to hydrolysis) is 1. The fourth-order valence-corrected chi connectivity index (χ4v) is 2.02. The molecule has 0 saturated carbocycles. The maximum Gasteiger partial charge on any atom is 0.407 e. The summed E-state index contributed by atoms with van der Waals surface area (Å²) in [6.07, 6.45) is -1.05. The van der Waals surface area contributed by atoms with Gasteiger partial charge in [-0.3, -0.25) is 0 Å². The van der Waals surface area contributed by atoms with Crippen molar-refractivity contribution in [3.8, 4) is 0 Å². The largest absolute Gasteiger partial charge is 0.445 e. The van der Waals surface area contributed by atoms with Crippen molar-refractivity contribution in [2.24, 2.45) is 5.92 Å². The van der Waals surface area contributed by atoms with Crippen LogP contribution in [0.1, 0.15) is 6.42 Å². The second-order valence-corrected chi connectivity index (χ2v) is 4.46. The Morgan fingerprint density at radius 3 is 2.89 bits per heavy atom. The number of rotatable bonds is 6. The van der Waals surface area contributed by atoms with Gasteiger partial charge in [0.05, 0.1) is 6.10 Å². The SMILES string of the molecule is C=CCOC(=O)NCC1CC(CNC)[C@H](O)C(O)O1. The van der Waals surface area contributed by atoms with E-state index in [1.165, 1.54) is 6.08 Å². The quantitative estimate of drug-likeness (QED) is 0.473. The number of amides is 1. The van der Waals surface area contributed by atoms with Crippen LogP contribution in [-0.2, 0) is 9.47 Å². The minimum atomic E-state index is -1.23. The molecule has 1 fully saturated rings. The second kappa shape index (κ2) is 8.11. The predicted molar refractivity (Wildman–Crippen MR) is 68.5 cm³/mol. The lowest BCUT2D eigenvalue weighted by atomic mass is 9.92. The number of ether oxygens (including phenoxy) is 2. The van der Waals surface area contributed by atoms with Gasteiger partial charge in [-0.2, -0.15) is 0 Å². The molecule has 0 aromatic rings. The molecule has 110 valence electrons. The fourth-order valence-electron chi connectivity index (χ4n) is 2.02. The topological polar surface area (TPSA) is 100 Å².